The first-order valence-electron chi connectivity index (χ1n) is 4.49. The van der Waals surface area contributed by atoms with Gasteiger partial charge in [-0.1, -0.05) is 6.07 Å². The Bertz CT molecular complexity index is 245. The van der Waals surface area contributed by atoms with E-state index in [1.165, 1.54) is 0 Å². The van der Waals surface area contributed by atoms with Crippen LogP contribution in [0.5, 0.6) is 0 Å². The lowest BCUT2D eigenvalue weighted by Crippen LogP contribution is -2.29. The van der Waals surface area contributed by atoms with Crippen LogP contribution in [0.1, 0.15) is 17.7 Å². The van der Waals surface area contributed by atoms with Crippen molar-refractivity contribution in [3.05, 3.63) is 22.4 Å². The molecule has 0 atom stereocenters. The molecule has 14 heavy (non-hydrogen) atoms. The molecule has 0 unspecified atom stereocenters. The summed E-state index contributed by atoms with van der Waals surface area (Å²) in [4.78, 5) is 1.09. The Labute approximate surface area is 93.8 Å². The molecule has 1 heterocycles. The normalized spacial score (nSPS) is 11.9. The first-order valence-corrected chi connectivity index (χ1v) is 5.90. The summed E-state index contributed by atoms with van der Waals surface area (Å²) in [5.41, 5.74) is 0. The quantitative estimate of drug-likeness (QED) is 0.556. The van der Waals surface area contributed by atoms with Crippen LogP contribution >= 0.6 is 22.9 Å². The number of hydrogen-bond acceptors (Lipinski definition) is 3. The molecule has 2 nitrogen and oxygen atoms in total. The number of thiophene rings is 1. The van der Waals surface area contributed by atoms with E-state index in [0.29, 0.717) is 5.88 Å². The fourth-order valence-corrected chi connectivity index (χ4v) is 2.45. The largest absolute Gasteiger partial charge is 0.349 e. The van der Waals surface area contributed by atoms with Crippen LogP contribution in [0.2, 0.25) is 0 Å². The van der Waals surface area contributed by atoms with Gasteiger partial charge in [-0.25, -0.2) is 0 Å². The molecular weight excluding hydrogens is 220 g/mol. The summed E-state index contributed by atoms with van der Waals surface area (Å²) in [6.07, 6.45) is 1.66. The van der Waals surface area contributed by atoms with Crippen LogP contribution in [-0.2, 0) is 15.3 Å². The van der Waals surface area contributed by atoms with Crippen molar-refractivity contribution in [1.29, 1.82) is 0 Å². The smallest absolute Gasteiger partial charge is 0.203 e. The van der Waals surface area contributed by atoms with Crippen molar-refractivity contribution >= 4 is 22.9 Å². The monoisotopic (exact) mass is 234 g/mol. The van der Waals surface area contributed by atoms with Gasteiger partial charge in [0.05, 0.1) is 4.88 Å². The van der Waals surface area contributed by atoms with Crippen molar-refractivity contribution in [2.45, 2.75) is 18.6 Å². The van der Waals surface area contributed by atoms with Gasteiger partial charge in [0.1, 0.15) is 0 Å². The van der Waals surface area contributed by atoms with Crippen LogP contribution in [0, 0.1) is 0 Å². The van der Waals surface area contributed by atoms with Crippen LogP contribution < -0.4 is 0 Å². The van der Waals surface area contributed by atoms with Gasteiger partial charge in [-0.3, -0.25) is 0 Å². The van der Waals surface area contributed by atoms with Gasteiger partial charge in [-0.05, 0) is 17.9 Å². The third-order valence-electron chi connectivity index (χ3n) is 2.20. The number of halogens is 1. The lowest BCUT2D eigenvalue weighted by atomic mass is 10.1. The Balaban J connectivity index is 2.80. The highest BCUT2D eigenvalue weighted by molar-refractivity contribution is 7.10. The molecule has 0 saturated carbocycles. The Kier molecular flexibility index (Phi) is 4.89. The van der Waals surface area contributed by atoms with Crippen molar-refractivity contribution in [2.24, 2.45) is 0 Å². The number of methoxy groups -OCH3 is 2. The second-order valence-electron chi connectivity index (χ2n) is 2.93. The molecule has 0 aliphatic carbocycles. The summed E-state index contributed by atoms with van der Waals surface area (Å²) in [5, 5.41) is 2.02. The first kappa shape index (κ1) is 12.0. The van der Waals surface area contributed by atoms with Crippen LogP contribution in [0.15, 0.2) is 17.5 Å². The van der Waals surface area contributed by atoms with Crippen molar-refractivity contribution in [3.8, 4) is 0 Å². The predicted octanol–water partition coefficient (Wildman–Crippen LogP) is 3.21. The van der Waals surface area contributed by atoms with Crippen molar-refractivity contribution in [3.63, 3.8) is 0 Å². The summed E-state index contributed by atoms with van der Waals surface area (Å²) >= 11 is 7.31. The molecule has 4 heteroatoms. The van der Waals surface area contributed by atoms with Gasteiger partial charge in [-0.15, -0.1) is 22.9 Å². The number of hydrogen-bond donors (Lipinski definition) is 0. The summed E-state index contributed by atoms with van der Waals surface area (Å²) in [7, 11) is 3.33. The Hall–Kier alpha value is -0.0900. The molecule has 0 saturated heterocycles. The second kappa shape index (κ2) is 5.71. The Morgan fingerprint density at radius 2 is 2.14 bits per heavy atom. The average molecular weight is 235 g/mol. The van der Waals surface area contributed by atoms with Gasteiger partial charge in [-0.2, -0.15) is 0 Å². The molecule has 0 fully saturated rings. The fraction of sp³-hybridized carbons (Fsp3) is 0.600. The van der Waals surface area contributed by atoms with E-state index < -0.39 is 5.79 Å². The number of rotatable bonds is 6. The average Bonchev–Trinajstić information content (AvgIpc) is 2.74. The van der Waals surface area contributed by atoms with E-state index in [2.05, 4.69) is 0 Å². The second-order valence-corrected chi connectivity index (χ2v) is 4.26. The topological polar surface area (TPSA) is 18.5 Å². The maximum atomic E-state index is 5.68. The minimum Gasteiger partial charge on any atom is -0.349 e. The summed E-state index contributed by atoms with van der Waals surface area (Å²) in [6, 6.07) is 4.01. The molecule has 0 N–H and O–H groups in total. The van der Waals surface area contributed by atoms with E-state index in [4.69, 9.17) is 21.1 Å². The molecule has 0 aliphatic rings. The van der Waals surface area contributed by atoms with E-state index in [1.54, 1.807) is 25.6 Å². The van der Waals surface area contributed by atoms with Crippen molar-refractivity contribution in [2.75, 3.05) is 20.1 Å². The van der Waals surface area contributed by atoms with E-state index in [0.717, 1.165) is 17.7 Å². The van der Waals surface area contributed by atoms with E-state index in [9.17, 15) is 0 Å². The molecule has 0 amide bonds. The summed E-state index contributed by atoms with van der Waals surface area (Å²) in [5.74, 6) is 0.0168. The minimum atomic E-state index is -0.608. The molecule has 0 radical (unpaired) electrons. The highest BCUT2D eigenvalue weighted by atomic mass is 35.5. The number of ether oxygens (including phenoxy) is 2. The first-order chi connectivity index (χ1) is 6.79. The highest BCUT2D eigenvalue weighted by Crippen LogP contribution is 2.34. The van der Waals surface area contributed by atoms with Gasteiger partial charge in [0.25, 0.3) is 0 Å². The molecular formula is C10H15ClO2S. The van der Waals surface area contributed by atoms with Crippen LogP contribution in [0.3, 0.4) is 0 Å². The zero-order chi connectivity index (χ0) is 10.4. The van der Waals surface area contributed by atoms with Gasteiger partial charge in [0, 0.05) is 26.5 Å². The van der Waals surface area contributed by atoms with E-state index in [-0.39, 0.29) is 0 Å². The zero-order valence-electron chi connectivity index (χ0n) is 8.46. The fourth-order valence-electron chi connectivity index (χ4n) is 1.41. The van der Waals surface area contributed by atoms with Gasteiger partial charge >= 0.3 is 0 Å². The van der Waals surface area contributed by atoms with Crippen LogP contribution in [0.25, 0.3) is 0 Å². The highest BCUT2D eigenvalue weighted by Gasteiger charge is 2.32. The molecule has 0 aromatic carbocycles. The SMILES string of the molecule is COC(CCCCl)(OC)c1cccs1. The molecule has 0 aliphatic heterocycles. The lowest BCUT2D eigenvalue weighted by molar-refractivity contribution is -0.217. The van der Waals surface area contributed by atoms with Gasteiger partial charge < -0.3 is 9.47 Å². The minimum absolute atomic E-state index is 0.608. The predicted molar refractivity (Wildman–Crippen MR) is 60.0 cm³/mol. The maximum absolute atomic E-state index is 5.68. The molecule has 0 spiro atoms. The standard InChI is InChI=1S/C10H15ClO2S/c1-12-10(13-2,6-4-7-11)9-5-3-8-14-9/h3,5,8H,4,6-7H2,1-2H3. The Morgan fingerprint density at radius 1 is 1.43 bits per heavy atom. The zero-order valence-corrected chi connectivity index (χ0v) is 10.0. The molecule has 80 valence electrons. The summed E-state index contributed by atoms with van der Waals surface area (Å²) < 4.78 is 10.9. The van der Waals surface area contributed by atoms with E-state index >= 15 is 0 Å². The lowest BCUT2D eigenvalue weighted by Gasteiger charge is -2.29. The van der Waals surface area contributed by atoms with Crippen LogP contribution in [0.4, 0.5) is 0 Å². The van der Waals surface area contributed by atoms with E-state index in [1.807, 2.05) is 17.5 Å². The molecule has 1 rings (SSSR count). The van der Waals surface area contributed by atoms with Gasteiger partial charge in [0.2, 0.25) is 5.79 Å². The van der Waals surface area contributed by atoms with Gasteiger partial charge in [0.15, 0.2) is 0 Å². The van der Waals surface area contributed by atoms with Crippen molar-refractivity contribution < 1.29 is 9.47 Å². The number of alkyl halides is 1. The maximum Gasteiger partial charge on any atom is 0.203 e. The summed E-state index contributed by atoms with van der Waals surface area (Å²) in [6.45, 7) is 0. The van der Waals surface area contributed by atoms with Crippen LogP contribution in [-0.4, -0.2) is 20.1 Å². The third-order valence-corrected chi connectivity index (χ3v) is 3.46. The molecule has 1 aromatic heterocycles. The molecule has 1 aromatic rings. The molecule has 0 bridgehead atoms. The van der Waals surface area contributed by atoms with Crippen molar-refractivity contribution in [1.82, 2.24) is 0 Å². The Morgan fingerprint density at radius 3 is 2.57 bits per heavy atom. The third kappa shape index (κ3) is 2.48.